The second-order valence-electron chi connectivity index (χ2n) is 5.45. The van der Waals surface area contributed by atoms with Crippen molar-refractivity contribution in [3.05, 3.63) is 41.2 Å². The van der Waals surface area contributed by atoms with Crippen molar-refractivity contribution >= 4 is 23.1 Å². The number of fused-ring (bicyclic) bond motifs is 1. The minimum absolute atomic E-state index is 0.459. The van der Waals surface area contributed by atoms with E-state index in [0.29, 0.717) is 6.61 Å². The zero-order chi connectivity index (χ0) is 16.4. The van der Waals surface area contributed by atoms with E-state index in [9.17, 15) is 0 Å². The quantitative estimate of drug-likeness (QED) is 0.667. The Balaban J connectivity index is 2.02. The van der Waals surface area contributed by atoms with Gasteiger partial charge in [-0.1, -0.05) is 37.1 Å². The van der Waals surface area contributed by atoms with E-state index in [1.165, 1.54) is 0 Å². The Kier molecular flexibility index (Phi) is 4.57. The molecular weight excluding hydrogens is 312 g/mol. The number of para-hydroxylation sites is 1. The zero-order valence-electron chi connectivity index (χ0n) is 13.6. The number of hydrogen-bond donors (Lipinski definition) is 1. The molecule has 1 aliphatic rings. The topological polar surface area (TPSA) is 51.4 Å². The van der Waals surface area contributed by atoms with Gasteiger partial charge in [-0.25, -0.2) is 4.99 Å². The third kappa shape index (κ3) is 2.93. The predicted octanol–water partition coefficient (Wildman–Crippen LogP) is 3.88. The van der Waals surface area contributed by atoms with E-state index < -0.39 is 5.50 Å². The number of aryl methyl sites for hydroxylation is 2. The first-order chi connectivity index (χ1) is 11.2. The normalized spacial score (nSPS) is 16.5. The summed E-state index contributed by atoms with van der Waals surface area (Å²) >= 11 is 6.51. The van der Waals surface area contributed by atoms with E-state index in [-0.39, 0.29) is 0 Å². The molecule has 5 nitrogen and oxygen atoms in total. The van der Waals surface area contributed by atoms with Gasteiger partial charge in [0.1, 0.15) is 17.3 Å². The summed E-state index contributed by atoms with van der Waals surface area (Å²) in [5, 5.41) is 8.00. The largest absolute Gasteiger partial charge is 0.493 e. The Labute approximate surface area is 141 Å². The highest BCUT2D eigenvalue weighted by Crippen LogP contribution is 2.37. The Hall–Kier alpha value is -2.01. The molecule has 1 N–H and O–H groups in total. The lowest BCUT2D eigenvalue weighted by Crippen LogP contribution is -2.22. The number of rotatable bonds is 5. The molecule has 0 fully saturated rings. The lowest BCUT2D eigenvalue weighted by atomic mass is 10.1. The third-order valence-electron chi connectivity index (χ3n) is 3.80. The van der Waals surface area contributed by atoms with Crippen LogP contribution in [0.2, 0.25) is 0 Å². The average Bonchev–Trinajstić information content (AvgIpc) is 2.85. The number of anilines is 1. The molecule has 0 amide bonds. The molecule has 1 atom stereocenters. The summed E-state index contributed by atoms with van der Waals surface area (Å²) in [4.78, 5) is 4.60. The van der Waals surface area contributed by atoms with Crippen LogP contribution < -0.4 is 10.1 Å². The van der Waals surface area contributed by atoms with Crippen molar-refractivity contribution in [3.8, 4) is 5.75 Å². The fourth-order valence-electron chi connectivity index (χ4n) is 2.82. The summed E-state index contributed by atoms with van der Waals surface area (Å²) in [6.45, 7) is 4.71. The second kappa shape index (κ2) is 6.62. The van der Waals surface area contributed by atoms with Gasteiger partial charge in [-0.15, -0.1) is 0 Å². The van der Waals surface area contributed by atoms with Gasteiger partial charge in [0.2, 0.25) is 0 Å². The molecule has 0 saturated carbocycles. The highest BCUT2D eigenvalue weighted by atomic mass is 35.5. The molecule has 1 unspecified atom stereocenters. The van der Waals surface area contributed by atoms with Gasteiger partial charge in [-0.2, -0.15) is 5.10 Å². The molecule has 0 spiro atoms. The number of aromatic nitrogens is 2. The summed E-state index contributed by atoms with van der Waals surface area (Å²) in [7, 11) is 1.91. The molecule has 6 heteroatoms. The standard InChI is InChI=1S/C17H21ClN4O/c1-4-8-12-14-15(22(3)21-12)16(18)20-17(19-14)11-9-6-7-10-13(11)23-5-2/h6-7,9-10,16H,4-5,8H2,1-3H3,(H,19,20). The number of benzene rings is 1. The van der Waals surface area contributed by atoms with Crippen LogP contribution in [0.1, 0.15) is 42.7 Å². The molecular formula is C17H21ClN4O. The molecule has 0 bridgehead atoms. The van der Waals surface area contributed by atoms with Gasteiger partial charge in [0.25, 0.3) is 0 Å². The molecule has 0 radical (unpaired) electrons. The number of ether oxygens (including phenoxy) is 1. The molecule has 1 aromatic heterocycles. The predicted molar refractivity (Wildman–Crippen MR) is 93.6 cm³/mol. The Bertz CT molecular complexity index is 738. The summed E-state index contributed by atoms with van der Waals surface area (Å²) in [6, 6.07) is 7.85. The van der Waals surface area contributed by atoms with Gasteiger partial charge in [0.15, 0.2) is 5.50 Å². The van der Waals surface area contributed by atoms with Crippen LogP contribution in [0.15, 0.2) is 29.3 Å². The second-order valence-corrected chi connectivity index (χ2v) is 5.86. The summed E-state index contributed by atoms with van der Waals surface area (Å²) in [5.74, 6) is 1.53. The maximum absolute atomic E-state index is 6.51. The van der Waals surface area contributed by atoms with E-state index in [1.807, 2.05) is 42.9 Å². The Morgan fingerprint density at radius 1 is 1.30 bits per heavy atom. The van der Waals surface area contributed by atoms with Crippen molar-refractivity contribution in [3.63, 3.8) is 0 Å². The smallest absolute Gasteiger partial charge is 0.169 e. The van der Waals surface area contributed by atoms with Gasteiger partial charge < -0.3 is 10.1 Å². The van der Waals surface area contributed by atoms with Crippen LogP contribution in [0.5, 0.6) is 5.75 Å². The number of nitrogens with one attached hydrogen (secondary N) is 1. The molecule has 3 rings (SSSR count). The SMILES string of the molecule is CCCc1nn(C)c2c1NC(c1ccccc1OCC)=NC2Cl. The fraction of sp³-hybridized carbons (Fsp3) is 0.412. The van der Waals surface area contributed by atoms with E-state index in [0.717, 1.165) is 47.1 Å². The van der Waals surface area contributed by atoms with Crippen LogP contribution in [0, 0.1) is 0 Å². The van der Waals surface area contributed by atoms with Crippen LogP contribution in [0.3, 0.4) is 0 Å². The number of aliphatic imine (C=N–C) groups is 1. The maximum Gasteiger partial charge on any atom is 0.169 e. The number of halogens is 1. The monoisotopic (exact) mass is 332 g/mol. The first-order valence-electron chi connectivity index (χ1n) is 7.92. The van der Waals surface area contributed by atoms with Crippen LogP contribution >= 0.6 is 11.6 Å². The van der Waals surface area contributed by atoms with Crippen molar-refractivity contribution in [2.45, 2.75) is 32.2 Å². The molecule has 1 aliphatic heterocycles. The zero-order valence-corrected chi connectivity index (χ0v) is 14.4. The number of amidine groups is 1. The molecule has 122 valence electrons. The van der Waals surface area contributed by atoms with Crippen molar-refractivity contribution in [1.29, 1.82) is 0 Å². The first-order valence-corrected chi connectivity index (χ1v) is 8.36. The van der Waals surface area contributed by atoms with Gasteiger partial charge in [-0.3, -0.25) is 4.68 Å². The van der Waals surface area contributed by atoms with Gasteiger partial charge in [0, 0.05) is 7.05 Å². The fourth-order valence-corrected chi connectivity index (χ4v) is 3.17. The minimum Gasteiger partial charge on any atom is -0.493 e. The Morgan fingerprint density at radius 3 is 2.83 bits per heavy atom. The lowest BCUT2D eigenvalue weighted by Gasteiger charge is -2.21. The van der Waals surface area contributed by atoms with Crippen molar-refractivity contribution in [2.24, 2.45) is 12.0 Å². The Morgan fingerprint density at radius 2 is 2.09 bits per heavy atom. The van der Waals surface area contributed by atoms with Crippen molar-refractivity contribution < 1.29 is 4.74 Å². The molecule has 1 aromatic carbocycles. The summed E-state index contributed by atoms with van der Waals surface area (Å²) in [5.41, 5.74) is 3.37. The van der Waals surface area contributed by atoms with Crippen LogP contribution in [0.25, 0.3) is 0 Å². The maximum atomic E-state index is 6.51. The molecule has 2 aromatic rings. The van der Waals surface area contributed by atoms with E-state index in [1.54, 1.807) is 0 Å². The highest BCUT2D eigenvalue weighted by Gasteiger charge is 2.28. The van der Waals surface area contributed by atoms with Crippen LogP contribution in [-0.4, -0.2) is 22.2 Å². The van der Waals surface area contributed by atoms with E-state index >= 15 is 0 Å². The van der Waals surface area contributed by atoms with Gasteiger partial charge >= 0.3 is 0 Å². The lowest BCUT2D eigenvalue weighted by molar-refractivity contribution is 0.339. The van der Waals surface area contributed by atoms with Gasteiger partial charge in [0.05, 0.1) is 23.6 Å². The molecule has 0 saturated heterocycles. The summed E-state index contributed by atoms with van der Waals surface area (Å²) < 4.78 is 7.53. The molecule has 0 aliphatic carbocycles. The van der Waals surface area contributed by atoms with Crippen molar-refractivity contribution in [1.82, 2.24) is 9.78 Å². The average molecular weight is 333 g/mol. The number of nitrogens with zero attached hydrogens (tertiary/aromatic N) is 3. The minimum atomic E-state index is -0.459. The van der Waals surface area contributed by atoms with Gasteiger partial charge in [-0.05, 0) is 25.5 Å². The van der Waals surface area contributed by atoms with Crippen LogP contribution in [-0.2, 0) is 13.5 Å². The number of alkyl halides is 1. The van der Waals surface area contributed by atoms with E-state index in [2.05, 4.69) is 22.3 Å². The molecule has 2 heterocycles. The summed E-state index contributed by atoms with van der Waals surface area (Å²) in [6.07, 6.45) is 1.93. The van der Waals surface area contributed by atoms with Crippen LogP contribution in [0.4, 0.5) is 5.69 Å². The third-order valence-corrected chi connectivity index (χ3v) is 4.11. The molecule has 23 heavy (non-hydrogen) atoms. The van der Waals surface area contributed by atoms with E-state index in [4.69, 9.17) is 16.3 Å². The highest BCUT2D eigenvalue weighted by molar-refractivity contribution is 6.24. The number of hydrogen-bond acceptors (Lipinski definition) is 4. The first kappa shape index (κ1) is 15.9. The van der Waals surface area contributed by atoms with Crippen molar-refractivity contribution in [2.75, 3.05) is 11.9 Å².